The summed E-state index contributed by atoms with van der Waals surface area (Å²) in [7, 11) is -3.85. The fourth-order valence-electron chi connectivity index (χ4n) is 3.05. The quantitative estimate of drug-likeness (QED) is 0.494. The zero-order chi connectivity index (χ0) is 20.2. The van der Waals surface area contributed by atoms with Gasteiger partial charge in [-0.25, -0.2) is 8.42 Å². The number of hydrogen-bond acceptors (Lipinski definition) is 6. The Kier molecular flexibility index (Phi) is 8.80. The zero-order valence-corrected chi connectivity index (χ0v) is 17.6. The number of amides is 1. The SMILES string of the molecule is Cc1ccc([N+](=O)[O-])cc1S(=O)(=O)N1CCC(C(=O)NCCC(C)N)CC1.Cl. The van der Waals surface area contributed by atoms with Gasteiger partial charge in [-0.05, 0) is 38.7 Å². The summed E-state index contributed by atoms with van der Waals surface area (Å²) in [5.41, 5.74) is 5.85. The van der Waals surface area contributed by atoms with Crippen LogP contribution in [0.3, 0.4) is 0 Å². The Bertz CT molecular complexity index is 808. The molecule has 0 radical (unpaired) electrons. The molecule has 1 atom stereocenters. The van der Waals surface area contributed by atoms with Crippen LogP contribution in [0.15, 0.2) is 23.1 Å². The van der Waals surface area contributed by atoms with E-state index in [1.54, 1.807) is 6.92 Å². The zero-order valence-electron chi connectivity index (χ0n) is 16.0. The highest BCUT2D eigenvalue weighted by atomic mass is 35.5. The highest BCUT2D eigenvalue weighted by molar-refractivity contribution is 7.89. The van der Waals surface area contributed by atoms with E-state index < -0.39 is 14.9 Å². The number of piperidine rings is 1. The maximum Gasteiger partial charge on any atom is 0.270 e. The molecule has 0 bridgehead atoms. The van der Waals surface area contributed by atoms with Gasteiger partial charge in [-0.3, -0.25) is 14.9 Å². The molecule has 9 nitrogen and oxygen atoms in total. The summed E-state index contributed by atoms with van der Waals surface area (Å²) < 4.78 is 27.1. The molecular weight excluding hydrogens is 408 g/mol. The Morgan fingerprint density at radius 1 is 1.39 bits per heavy atom. The number of carbonyl (C=O) groups is 1. The third-order valence-corrected chi connectivity index (χ3v) is 6.76. The van der Waals surface area contributed by atoms with Crippen molar-refractivity contribution < 1.29 is 18.1 Å². The lowest BCUT2D eigenvalue weighted by molar-refractivity contribution is -0.385. The average molecular weight is 435 g/mol. The number of nitro benzene ring substituents is 1. The first-order valence-electron chi connectivity index (χ1n) is 8.91. The number of halogens is 1. The van der Waals surface area contributed by atoms with Crippen LogP contribution in [0.2, 0.25) is 0 Å². The average Bonchev–Trinajstić information content (AvgIpc) is 2.61. The van der Waals surface area contributed by atoms with E-state index in [-0.39, 0.29) is 53.9 Å². The molecule has 0 spiro atoms. The van der Waals surface area contributed by atoms with Crippen molar-refractivity contribution in [1.29, 1.82) is 0 Å². The highest BCUT2D eigenvalue weighted by Gasteiger charge is 2.33. The summed E-state index contributed by atoms with van der Waals surface area (Å²) in [4.78, 5) is 22.5. The van der Waals surface area contributed by atoms with E-state index in [1.165, 1.54) is 16.4 Å². The van der Waals surface area contributed by atoms with Crippen molar-refractivity contribution in [2.24, 2.45) is 11.7 Å². The van der Waals surface area contributed by atoms with Gasteiger partial charge in [-0.1, -0.05) is 6.07 Å². The maximum atomic E-state index is 12.9. The minimum atomic E-state index is -3.85. The van der Waals surface area contributed by atoms with Gasteiger partial charge < -0.3 is 11.1 Å². The first-order chi connectivity index (χ1) is 12.6. The molecule has 1 heterocycles. The molecule has 3 N–H and O–H groups in total. The fourth-order valence-corrected chi connectivity index (χ4v) is 4.76. The molecule has 1 aliphatic rings. The second-order valence-electron chi connectivity index (χ2n) is 6.94. The maximum absolute atomic E-state index is 12.9. The molecule has 1 saturated heterocycles. The summed E-state index contributed by atoms with van der Waals surface area (Å²) in [6.07, 6.45) is 1.51. The Morgan fingerprint density at radius 3 is 2.54 bits per heavy atom. The van der Waals surface area contributed by atoms with Crippen LogP contribution < -0.4 is 11.1 Å². The van der Waals surface area contributed by atoms with Gasteiger partial charge in [0.2, 0.25) is 15.9 Å². The van der Waals surface area contributed by atoms with Gasteiger partial charge in [-0.15, -0.1) is 12.4 Å². The number of hydrogen-bond donors (Lipinski definition) is 2. The van der Waals surface area contributed by atoms with Gasteiger partial charge in [0.05, 0.1) is 9.82 Å². The normalized spacial score (nSPS) is 16.8. The Balaban J connectivity index is 0.00000392. The van der Waals surface area contributed by atoms with E-state index >= 15 is 0 Å². The number of aryl methyl sites for hydroxylation is 1. The molecule has 0 saturated carbocycles. The fraction of sp³-hybridized carbons (Fsp3) is 0.588. The summed E-state index contributed by atoms with van der Waals surface area (Å²) in [5, 5.41) is 13.8. The van der Waals surface area contributed by atoms with Crippen molar-refractivity contribution in [2.75, 3.05) is 19.6 Å². The van der Waals surface area contributed by atoms with Gasteiger partial charge in [0.1, 0.15) is 0 Å². The van der Waals surface area contributed by atoms with Crippen molar-refractivity contribution in [3.05, 3.63) is 33.9 Å². The molecule has 158 valence electrons. The van der Waals surface area contributed by atoms with Crippen LogP contribution in [-0.4, -0.2) is 49.2 Å². The lowest BCUT2D eigenvalue weighted by atomic mass is 9.97. The number of nitrogens with zero attached hydrogens (tertiary/aromatic N) is 2. The smallest absolute Gasteiger partial charge is 0.270 e. The van der Waals surface area contributed by atoms with E-state index in [1.807, 2.05) is 6.92 Å². The van der Waals surface area contributed by atoms with Crippen LogP contribution in [-0.2, 0) is 14.8 Å². The standard InChI is InChI=1S/C17H26N4O5S.ClH/c1-12-3-4-15(21(23)24)11-16(12)27(25,26)20-9-6-14(7-10-20)17(22)19-8-5-13(2)18;/h3-4,11,13-14H,5-10,18H2,1-2H3,(H,19,22);1H. The van der Waals surface area contributed by atoms with Gasteiger partial charge in [0, 0.05) is 43.7 Å². The number of nitrogens with one attached hydrogen (secondary N) is 1. The molecule has 28 heavy (non-hydrogen) atoms. The molecule has 1 amide bonds. The summed E-state index contributed by atoms with van der Waals surface area (Å²) >= 11 is 0. The van der Waals surface area contributed by atoms with Crippen LogP contribution in [0.5, 0.6) is 0 Å². The van der Waals surface area contributed by atoms with Crippen LogP contribution in [0.4, 0.5) is 5.69 Å². The lowest BCUT2D eigenvalue weighted by Gasteiger charge is -2.31. The number of sulfonamides is 1. The first kappa shape index (κ1) is 24.3. The van der Waals surface area contributed by atoms with E-state index in [4.69, 9.17) is 5.73 Å². The minimum absolute atomic E-state index is 0. The summed E-state index contributed by atoms with van der Waals surface area (Å²) in [5.74, 6) is -0.324. The molecule has 11 heteroatoms. The largest absolute Gasteiger partial charge is 0.356 e. The number of benzene rings is 1. The number of carbonyl (C=O) groups excluding carboxylic acids is 1. The van der Waals surface area contributed by atoms with Crippen molar-refractivity contribution >= 4 is 34.0 Å². The third-order valence-electron chi connectivity index (χ3n) is 4.72. The molecule has 0 aliphatic carbocycles. The van der Waals surface area contributed by atoms with Gasteiger partial charge in [0.15, 0.2) is 0 Å². The van der Waals surface area contributed by atoms with Crippen molar-refractivity contribution in [2.45, 2.75) is 44.0 Å². The van der Waals surface area contributed by atoms with Gasteiger partial charge in [0.25, 0.3) is 5.69 Å². The molecule has 1 unspecified atom stereocenters. The summed E-state index contributed by atoms with van der Waals surface area (Å²) in [6, 6.07) is 3.82. The second kappa shape index (κ2) is 10.1. The molecule has 1 fully saturated rings. The number of rotatable bonds is 7. The van der Waals surface area contributed by atoms with Gasteiger partial charge >= 0.3 is 0 Å². The van der Waals surface area contributed by atoms with Crippen LogP contribution in [0.1, 0.15) is 31.7 Å². The lowest BCUT2D eigenvalue weighted by Crippen LogP contribution is -2.43. The van der Waals surface area contributed by atoms with E-state index in [0.717, 1.165) is 6.07 Å². The number of nitrogens with two attached hydrogens (primary N) is 1. The van der Waals surface area contributed by atoms with Crippen LogP contribution >= 0.6 is 12.4 Å². The molecule has 2 rings (SSSR count). The van der Waals surface area contributed by atoms with Gasteiger partial charge in [-0.2, -0.15) is 4.31 Å². The number of non-ortho nitro benzene ring substituents is 1. The Labute approximate surface area is 171 Å². The molecule has 1 aromatic carbocycles. The molecule has 0 aromatic heterocycles. The molecule has 1 aromatic rings. The summed E-state index contributed by atoms with van der Waals surface area (Å²) in [6.45, 7) is 4.38. The predicted molar refractivity (Wildman–Crippen MR) is 108 cm³/mol. The second-order valence-corrected chi connectivity index (χ2v) is 8.85. The van der Waals surface area contributed by atoms with E-state index in [0.29, 0.717) is 31.4 Å². The third kappa shape index (κ3) is 5.87. The first-order valence-corrected chi connectivity index (χ1v) is 10.4. The molecule has 1 aliphatic heterocycles. The topological polar surface area (TPSA) is 136 Å². The van der Waals surface area contributed by atoms with Crippen molar-refractivity contribution in [3.8, 4) is 0 Å². The Morgan fingerprint density at radius 2 is 2.00 bits per heavy atom. The van der Waals surface area contributed by atoms with Crippen molar-refractivity contribution in [3.63, 3.8) is 0 Å². The van der Waals surface area contributed by atoms with E-state index in [9.17, 15) is 23.3 Å². The van der Waals surface area contributed by atoms with Crippen LogP contribution in [0, 0.1) is 23.0 Å². The monoisotopic (exact) mass is 434 g/mol. The minimum Gasteiger partial charge on any atom is -0.356 e. The highest BCUT2D eigenvalue weighted by Crippen LogP contribution is 2.28. The molecular formula is C17H27ClN4O5S. The van der Waals surface area contributed by atoms with E-state index in [2.05, 4.69) is 5.32 Å². The van der Waals surface area contributed by atoms with Crippen LogP contribution in [0.25, 0.3) is 0 Å². The van der Waals surface area contributed by atoms with Crippen molar-refractivity contribution in [1.82, 2.24) is 9.62 Å². The number of nitro groups is 1. The Hall–Kier alpha value is -1.75. The predicted octanol–water partition coefficient (Wildman–Crippen LogP) is 1.58.